The zero-order chi connectivity index (χ0) is 17.2. The fourth-order valence-corrected chi connectivity index (χ4v) is 3.56. The van der Waals surface area contributed by atoms with E-state index in [0.29, 0.717) is 12.2 Å². The molecule has 1 amide bonds. The number of hydrogen-bond donors (Lipinski definition) is 2. The van der Waals surface area contributed by atoms with E-state index in [1.54, 1.807) is 16.3 Å². The van der Waals surface area contributed by atoms with Crippen LogP contribution in [-0.2, 0) is 13.5 Å². The van der Waals surface area contributed by atoms with E-state index in [-0.39, 0.29) is 5.91 Å². The topological polar surface area (TPSA) is 75.6 Å². The van der Waals surface area contributed by atoms with E-state index < -0.39 is 0 Å². The predicted molar refractivity (Wildman–Crippen MR) is 98.7 cm³/mol. The van der Waals surface area contributed by atoms with Crippen LogP contribution in [0.5, 0.6) is 0 Å². The number of aromatic nitrogens is 4. The number of aryl methyl sites for hydroxylation is 1. The molecule has 3 aromatic heterocycles. The Kier molecular flexibility index (Phi) is 4.07. The van der Waals surface area contributed by atoms with Crippen molar-refractivity contribution in [2.24, 2.45) is 7.05 Å². The molecule has 3 heterocycles. The first-order chi connectivity index (χ1) is 12.2. The number of thiazole rings is 1. The molecule has 2 N–H and O–H groups in total. The highest BCUT2D eigenvalue weighted by molar-refractivity contribution is 7.13. The van der Waals surface area contributed by atoms with Gasteiger partial charge < -0.3 is 10.3 Å². The van der Waals surface area contributed by atoms with Crippen LogP contribution in [0.15, 0.2) is 48.2 Å². The van der Waals surface area contributed by atoms with Crippen LogP contribution < -0.4 is 5.32 Å². The largest absolute Gasteiger partial charge is 0.361 e. The van der Waals surface area contributed by atoms with Crippen molar-refractivity contribution in [1.29, 1.82) is 0 Å². The number of aromatic amines is 1. The molecule has 4 aromatic rings. The van der Waals surface area contributed by atoms with E-state index >= 15 is 0 Å². The van der Waals surface area contributed by atoms with Crippen LogP contribution in [0.25, 0.3) is 21.5 Å². The average molecular weight is 351 g/mol. The Labute approximate surface area is 148 Å². The highest BCUT2D eigenvalue weighted by atomic mass is 32.1. The van der Waals surface area contributed by atoms with Gasteiger partial charge in [0.05, 0.1) is 6.20 Å². The quantitative estimate of drug-likeness (QED) is 0.580. The molecule has 0 atom stereocenters. The van der Waals surface area contributed by atoms with Crippen LogP contribution in [-0.4, -0.2) is 32.2 Å². The van der Waals surface area contributed by atoms with Crippen molar-refractivity contribution >= 4 is 28.1 Å². The number of nitrogens with zero attached hydrogens (tertiary/aromatic N) is 3. The number of para-hydroxylation sites is 1. The van der Waals surface area contributed by atoms with Gasteiger partial charge in [-0.25, -0.2) is 4.98 Å². The highest BCUT2D eigenvalue weighted by Gasteiger charge is 2.12. The van der Waals surface area contributed by atoms with E-state index in [1.807, 2.05) is 37.6 Å². The minimum atomic E-state index is -0.147. The van der Waals surface area contributed by atoms with Gasteiger partial charge in [-0.15, -0.1) is 11.3 Å². The molecule has 4 rings (SSSR count). The molecule has 1 aromatic carbocycles. The lowest BCUT2D eigenvalue weighted by atomic mass is 10.1. The standard InChI is InChI=1S/C18H17N5OS/c1-23-10-13(9-21-23)18-22-16(11-25-18)17(24)19-7-6-12-8-20-15-5-3-2-4-14(12)15/h2-5,8-11,20H,6-7H2,1H3,(H,19,24). The number of nitrogens with one attached hydrogen (secondary N) is 2. The van der Waals surface area contributed by atoms with Crippen molar-refractivity contribution in [3.63, 3.8) is 0 Å². The number of carbonyl (C=O) groups excluding carboxylic acids is 1. The number of rotatable bonds is 5. The number of carbonyl (C=O) groups is 1. The normalized spacial score (nSPS) is 11.1. The van der Waals surface area contributed by atoms with Gasteiger partial charge in [0, 0.05) is 47.8 Å². The molecule has 0 fully saturated rings. The first-order valence-corrected chi connectivity index (χ1v) is 8.86. The average Bonchev–Trinajstić information content (AvgIpc) is 3.34. The van der Waals surface area contributed by atoms with E-state index in [2.05, 4.69) is 26.4 Å². The molecule has 25 heavy (non-hydrogen) atoms. The third-order valence-electron chi connectivity index (χ3n) is 4.04. The number of hydrogen-bond acceptors (Lipinski definition) is 4. The van der Waals surface area contributed by atoms with Crippen molar-refractivity contribution < 1.29 is 4.79 Å². The fourth-order valence-electron chi connectivity index (χ4n) is 2.78. The van der Waals surface area contributed by atoms with Crippen LogP contribution in [0.2, 0.25) is 0 Å². The smallest absolute Gasteiger partial charge is 0.270 e. The third-order valence-corrected chi connectivity index (χ3v) is 4.93. The molecule has 6 nitrogen and oxygen atoms in total. The molecular formula is C18H17N5OS. The highest BCUT2D eigenvalue weighted by Crippen LogP contribution is 2.23. The summed E-state index contributed by atoms with van der Waals surface area (Å²) in [5.74, 6) is -0.147. The summed E-state index contributed by atoms with van der Waals surface area (Å²) >= 11 is 1.45. The van der Waals surface area contributed by atoms with Crippen molar-refractivity contribution in [3.8, 4) is 10.6 Å². The van der Waals surface area contributed by atoms with E-state index in [0.717, 1.165) is 22.5 Å². The Morgan fingerprint density at radius 2 is 2.24 bits per heavy atom. The molecule has 0 spiro atoms. The van der Waals surface area contributed by atoms with Gasteiger partial charge in [0.1, 0.15) is 10.7 Å². The first-order valence-electron chi connectivity index (χ1n) is 7.98. The van der Waals surface area contributed by atoms with Gasteiger partial charge in [0.15, 0.2) is 0 Å². The minimum absolute atomic E-state index is 0.147. The van der Waals surface area contributed by atoms with Crippen molar-refractivity contribution in [3.05, 3.63) is 59.5 Å². The molecule has 7 heteroatoms. The molecule has 0 saturated carbocycles. The van der Waals surface area contributed by atoms with Crippen LogP contribution in [0.3, 0.4) is 0 Å². The Bertz CT molecular complexity index is 1030. The summed E-state index contributed by atoms with van der Waals surface area (Å²) in [6.45, 7) is 0.570. The summed E-state index contributed by atoms with van der Waals surface area (Å²) in [5.41, 5.74) is 3.68. The van der Waals surface area contributed by atoms with Gasteiger partial charge in [0.25, 0.3) is 5.91 Å². The van der Waals surface area contributed by atoms with Gasteiger partial charge in [-0.2, -0.15) is 5.10 Å². The van der Waals surface area contributed by atoms with E-state index in [9.17, 15) is 4.79 Å². The maximum Gasteiger partial charge on any atom is 0.270 e. The molecule has 0 aliphatic heterocycles. The lowest BCUT2D eigenvalue weighted by Gasteiger charge is -2.02. The van der Waals surface area contributed by atoms with Crippen LogP contribution >= 0.6 is 11.3 Å². The number of amides is 1. The summed E-state index contributed by atoms with van der Waals surface area (Å²) < 4.78 is 1.72. The van der Waals surface area contributed by atoms with Gasteiger partial charge in [-0.05, 0) is 18.1 Å². The third kappa shape index (κ3) is 3.18. The van der Waals surface area contributed by atoms with Gasteiger partial charge in [-0.1, -0.05) is 18.2 Å². The maximum atomic E-state index is 12.3. The second-order valence-electron chi connectivity index (χ2n) is 5.81. The predicted octanol–water partition coefficient (Wildman–Crippen LogP) is 3.00. The second kappa shape index (κ2) is 6.52. The fraction of sp³-hybridized carbons (Fsp3) is 0.167. The number of fused-ring (bicyclic) bond motifs is 1. The van der Waals surface area contributed by atoms with Gasteiger partial charge >= 0.3 is 0 Å². The van der Waals surface area contributed by atoms with Crippen molar-refractivity contribution in [2.45, 2.75) is 6.42 Å². The zero-order valence-corrected chi connectivity index (χ0v) is 14.5. The number of H-pyrrole nitrogens is 1. The SMILES string of the molecule is Cn1cc(-c2nc(C(=O)NCCc3c[nH]c4ccccc34)cs2)cn1. The summed E-state index contributed by atoms with van der Waals surface area (Å²) in [6.07, 6.45) is 6.41. The second-order valence-corrected chi connectivity index (χ2v) is 6.66. The lowest BCUT2D eigenvalue weighted by Crippen LogP contribution is -2.25. The van der Waals surface area contributed by atoms with Crippen LogP contribution in [0, 0.1) is 0 Å². The molecule has 126 valence electrons. The molecule has 0 radical (unpaired) electrons. The first kappa shape index (κ1) is 15.6. The Morgan fingerprint density at radius 1 is 1.36 bits per heavy atom. The monoisotopic (exact) mass is 351 g/mol. The summed E-state index contributed by atoms with van der Waals surface area (Å²) in [7, 11) is 1.86. The minimum Gasteiger partial charge on any atom is -0.361 e. The molecule has 0 unspecified atom stereocenters. The molecule has 0 aliphatic carbocycles. The van der Waals surface area contributed by atoms with E-state index in [1.165, 1.54) is 22.3 Å². The van der Waals surface area contributed by atoms with Crippen molar-refractivity contribution in [1.82, 2.24) is 25.1 Å². The van der Waals surface area contributed by atoms with Crippen LogP contribution in [0.1, 0.15) is 16.1 Å². The molecule has 0 bridgehead atoms. The Hall–Kier alpha value is -2.93. The molecule has 0 saturated heterocycles. The van der Waals surface area contributed by atoms with Gasteiger partial charge in [0.2, 0.25) is 0 Å². The number of benzene rings is 1. The molecular weight excluding hydrogens is 334 g/mol. The summed E-state index contributed by atoms with van der Waals surface area (Å²) in [6, 6.07) is 8.16. The van der Waals surface area contributed by atoms with E-state index in [4.69, 9.17) is 0 Å². The van der Waals surface area contributed by atoms with Gasteiger partial charge in [-0.3, -0.25) is 9.48 Å². The van der Waals surface area contributed by atoms with Crippen LogP contribution in [0.4, 0.5) is 0 Å². The Balaban J connectivity index is 1.38. The summed E-state index contributed by atoms with van der Waals surface area (Å²) in [4.78, 5) is 19.9. The zero-order valence-electron chi connectivity index (χ0n) is 13.7. The Morgan fingerprint density at radius 3 is 3.08 bits per heavy atom. The van der Waals surface area contributed by atoms with Crippen molar-refractivity contribution in [2.75, 3.05) is 6.54 Å². The maximum absolute atomic E-state index is 12.3. The molecule has 0 aliphatic rings. The summed E-state index contributed by atoms with van der Waals surface area (Å²) in [5, 5.41) is 10.9. The lowest BCUT2D eigenvalue weighted by molar-refractivity contribution is 0.0950.